The molecule has 0 saturated heterocycles. The summed E-state index contributed by atoms with van der Waals surface area (Å²) in [5.41, 5.74) is 13.9. The maximum atomic E-state index is 14.0. The summed E-state index contributed by atoms with van der Waals surface area (Å²) in [4.78, 5) is 31.0. The first-order chi connectivity index (χ1) is 19.0. The first kappa shape index (κ1) is 26.4. The molecular formula is C30H29N7O3. The first-order valence-electron chi connectivity index (χ1n) is 12.7. The number of amidine groups is 2. The molecule has 0 aliphatic rings. The lowest BCUT2D eigenvalue weighted by molar-refractivity contribution is 0.0698. The number of nitrogens with zero attached hydrogens (tertiary/aromatic N) is 3. The second kappa shape index (κ2) is 10.1. The average Bonchev–Trinajstić information content (AvgIpc) is 3.29. The van der Waals surface area contributed by atoms with Crippen molar-refractivity contribution in [2.24, 2.45) is 11.5 Å². The van der Waals surface area contributed by atoms with Crippen LogP contribution < -0.4 is 17.0 Å². The van der Waals surface area contributed by atoms with Gasteiger partial charge in [-0.25, -0.2) is 9.78 Å². The Labute approximate surface area is 229 Å². The van der Waals surface area contributed by atoms with E-state index in [4.69, 9.17) is 22.3 Å². The minimum absolute atomic E-state index is 0.0249. The van der Waals surface area contributed by atoms with Crippen LogP contribution in [0.1, 0.15) is 58.2 Å². The van der Waals surface area contributed by atoms with E-state index in [-0.39, 0.29) is 47.3 Å². The van der Waals surface area contributed by atoms with Gasteiger partial charge in [-0.3, -0.25) is 15.6 Å². The fourth-order valence-electron chi connectivity index (χ4n) is 5.01. The molecule has 3 aromatic carbocycles. The number of pyridine rings is 1. The van der Waals surface area contributed by atoms with Crippen LogP contribution in [0, 0.1) is 10.8 Å². The third-order valence-corrected chi connectivity index (χ3v) is 6.95. The summed E-state index contributed by atoms with van der Waals surface area (Å²) < 4.78 is 3.13. The molecule has 0 amide bonds. The van der Waals surface area contributed by atoms with Gasteiger partial charge in [0.2, 0.25) is 0 Å². The third-order valence-electron chi connectivity index (χ3n) is 6.95. The third kappa shape index (κ3) is 4.71. The monoisotopic (exact) mass is 535 g/mol. The van der Waals surface area contributed by atoms with E-state index in [1.165, 1.54) is 10.8 Å². The first-order valence-corrected chi connectivity index (χ1v) is 12.7. The number of nitrogens with one attached hydrogen (secondary N) is 2. The molecule has 10 nitrogen and oxygen atoms in total. The van der Waals surface area contributed by atoms with Crippen LogP contribution in [0.15, 0.2) is 71.7 Å². The van der Waals surface area contributed by atoms with E-state index in [2.05, 4.69) is 4.98 Å². The van der Waals surface area contributed by atoms with Crippen LogP contribution in [0.5, 0.6) is 0 Å². The van der Waals surface area contributed by atoms with Gasteiger partial charge in [0.25, 0.3) is 5.56 Å². The minimum Gasteiger partial charge on any atom is -0.478 e. The molecule has 0 spiro atoms. The van der Waals surface area contributed by atoms with Gasteiger partial charge in [-0.2, -0.15) is 0 Å². The Morgan fingerprint density at radius 2 is 1.68 bits per heavy atom. The Hall–Kier alpha value is -5.25. The number of hydrogen-bond acceptors (Lipinski definition) is 5. The predicted molar refractivity (Wildman–Crippen MR) is 156 cm³/mol. The number of carboxylic acid groups (broad SMARTS) is 1. The summed E-state index contributed by atoms with van der Waals surface area (Å²) in [5, 5.41) is 27.6. The molecule has 7 N–H and O–H groups in total. The van der Waals surface area contributed by atoms with Gasteiger partial charge in [0.15, 0.2) is 0 Å². The van der Waals surface area contributed by atoms with Crippen LogP contribution in [-0.4, -0.2) is 36.9 Å². The average molecular weight is 536 g/mol. The van der Waals surface area contributed by atoms with Crippen molar-refractivity contribution in [3.8, 4) is 0 Å². The molecule has 0 saturated carbocycles. The Kier molecular flexibility index (Phi) is 6.68. The van der Waals surface area contributed by atoms with E-state index in [0.717, 1.165) is 16.3 Å². The standard InChI is InChI=1S/C30H29N7O3/c1-16(2)28-35-24-23(30(39)40)15-36(14-20-5-3-4-6-22(20)27(33)34)29(38)25(24)37(28)13-17-7-8-18-9-10-19(26(31)32)12-21(18)11-17/h3-12,15-16H,13-14H2,1-2H3,(H3,31,32)(H3,33,34)(H,39,40). The molecule has 10 heteroatoms. The molecule has 5 rings (SSSR count). The summed E-state index contributed by atoms with van der Waals surface area (Å²) >= 11 is 0. The second-order valence-corrected chi connectivity index (χ2v) is 10.1. The smallest absolute Gasteiger partial charge is 0.339 e. The van der Waals surface area contributed by atoms with Gasteiger partial charge in [-0.15, -0.1) is 0 Å². The molecular weight excluding hydrogens is 506 g/mol. The Morgan fingerprint density at radius 1 is 0.950 bits per heavy atom. The molecule has 0 aliphatic carbocycles. The summed E-state index contributed by atoms with van der Waals surface area (Å²) in [6.45, 7) is 4.21. The molecule has 0 fully saturated rings. The van der Waals surface area contributed by atoms with Gasteiger partial charge in [0.1, 0.15) is 34.1 Å². The lowest BCUT2D eigenvalue weighted by Gasteiger charge is -2.14. The van der Waals surface area contributed by atoms with E-state index in [1.54, 1.807) is 34.9 Å². The Balaban J connectivity index is 1.71. The van der Waals surface area contributed by atoms with Crippen molar-refractivity contribution in [3.63, 3.8) is 0 Å². The van der Waals surface area contributed by atoms with E-state index in [9.17, 15) is 14.7 Å². The highest BCUT2D eigenvalue weighted by Crippen LogP contribution is 2.26. The predicted octanol–water partition coefficient (Wildman–Crippen LogP) is 3.84. The zero-order valence-corrected chi connectivity index (χ0v) is 22.1. The van der Waals surface area contributed by atoms with Crippen molar-refractivity contribution in [1.82, 2.24) is 14.1 Å². The van der Waals surface area contributed by atoms with Gasteiger partial charge in [0.05, 0.1) is 6.54 Å². The molecule has 0 atom stereocenters. The number of carboxylic acids is 1. The number of aromatic nitrogens is 3. The lowest BCUT2D eigenvalue weighted by Crippen LogP contribution is -2.26. The van der Waals surface area contributed by atoms with Crippen LogP contribution in [0.25, 0.3) is 21.8 Å². The van der Waals surface area contributed by atoms with Crippen molar-refractivity contribution in [2.45, 2.75) is 32.9 Å². The number of nitrogen functional groups attached to an aromatic ring is 2. The number of hydrogen-bond donors (Lipinski definition) is 5. The van der Waals surface area contributed by atoms with Crippen molar-refractivity contribution in [1.29, 1.82) is 10.8 Å². The molecule has 2 heterocycles. The molecule has 0 radical (unpaired) electrons. The van der Waals surface area contributed by atoms with Gasteiger partial charge >= 0.3 is 5.97 Å². The zero-order valence-electron chi connectivity index (χ0n) is 22.1. The molecule has 2 aromatic heterocycles. The number of fused-ring (bicyclic) bond motifs is 2. The second-order valence-electron chi connectivity index (χ2n) is 10.1. The van der Waals surface area contributed by atoms with Crippen molar-refractivity contribution < 1.29 is 9.90 Å². The Morgan fingerprint density at radius 3 is 2.35 bits per heavy atom. The number of imidazole rings is 1. The van der Waals surface area contributed by atoms with Crippen molar-refractivity contribution >= 4 is 39.4 Å². The van der Waals surface area contributed by atoms with Crippen LogP contribution in [0.4, 0.5) is 0 Å². The largest absolute Gasteiger partial charge is 0.478 e. The summed E-state index contributed by atoms with van der Waals surface area (Å²) in [7, 11) is 0. The highest BCUT2D eigenvalue weighted by atomic mass is 16.4. The highest BCUT2D eigenvalue weighted by Gasteiger charge is 2.24. The van der Waals surface area contributed by atoms with E-state index in [0.29, 0.717) is 22.5 Å². The zero-order chi connectivity index (χ0) is 28.7. The summed E-state index contributed by atoms with van der Waals surface area (Å²) in [5.74, 6) is -0.858. The van der Waals surface area contributed by atoms with E-state index < -0.39 is 11.5 Å². The molecule has 0 unspecified atom stereocenters. The molecule has 40 heavy (non-hydrogen) atoms. The van der Waals surface area contributed by atoms with Gasteiger partial charge in [-0.05, 0) is 34.0 Å². The maximum absolute atomic E-state index is 14.0. The molecule has 0 aliphatic heterocycles. The van der Waals surface area contributed by atoms with Gasteiger partial charge in [-0.1, -0.05) is 62.4 Å². The number of aromatic carboxylic acids is 1. The summed E-state index contributed by atoms with van der Waals surface area (Å²) in [6, 6.07) is 18.4. The fourth-order valence-corrected chi connectivity index (χ4v) is 5.01. The minimum atomic E-state index is -1.19. The fraction of sp³-hybridized carbons (Fsp3) is 0.167. The van der Waals surface area contributed by atoms with Crippen LogP contribution in [0.2, 0.25) is 0 Å². The number of benzene rings is 3. The molecule has 202 valence electrons. The Bertz CT molecular complexity index is 1900. The molecule has 0 bridgehead atoms. The number of carbonyl (C=O) groups is 1. The number of rotatable bonds is 8. The van der Waals surface area contributed by atoms with Crippen LogP contribution in [-0.2, 0) is 13.1 Å². The van der Waals surface area contributed by atoms with Crippen molar-refractivity contribution in [3.05, 3.63) is 111 Å². The van der Waals surface area contributed by atoms with Gasteiger partial charge < -0.3 is 25.7 Å². The van der Waals surface area contributed by atoms with E-state index in [1.807, 2.05) is 44.2 Å². The maximum Gasteiger partial charge on any atom is 0.339 e. The van der Waals surface area contributed by atoms with Crippen LogP contribution in [0.3, 0.4) is 0 Å². The quantitative estimate of drug-likeness (QED) is 0.149. The number of nitrogens with two attached hydrogens (primary N) is 2. The lowest BCUT2D eigenvalue weighted by atomic mass is 10.0. The van der Waals surface area contributed by atoms with Gasteiger partial charge in [0, 0.05) is 29.8 Å². The van der Waals surface area contributed by atoms with Crippen LogP contribution >= 0.6 is 0 Å². The summed E-state index contributed by atoms with van der Waals surface area (Å²) in [6.07, 6.45) is 1.31. The highest BCUT2D eigenvalue weighted by molar-refractivity contribution is 6.01. The topological polar surface area (TPSA) is 177 Å². The van der Waals surface area contributed by atoms with E-state index >= 15 is 0 Å². The SMILES string of the molecule is CC(C)c1nc2c(C(=O)O)cn(Cc3ccccc3C(=N)N)c(=O)c2n1Cc1ccc2ccc(C(=N)N)cc2c1. The normalized spacial score (nSPS) is 11.4. The van der Waals surface area contributed by atoms with Crippen molar-refractivity contribution in [2.75, 3.05) is 0 Å². The molecule has 5 aromatic rings.